The minimum absolute atomic E-state index is 0.00641. The zero-order valence-electron chi connectivity index (χ0n) is 13.2. The van der Waals surface area contributed by atoms with Crippen LogP contribution in [-0.4, -0.2) is 17.1 Å². The number of alkyl halides is 2. The fourth-order valence-corrected chi connectivity index (χ4v) is 3.00. The lowest BCUT2D eigenvalue weighted by atomic mass is 9.81. The molecule has 1 atom stereocenters. The lowest BCUT2D eigenvalue weighted by Crippen LogP contribution is -2.32. The third kappa shape index (κ3) is 4.50. The van der Waals surface area contributed by atoms with Crippen molar-refractivity contribution in [2.75, 3.05) is 0 Å². The van der Waals surface area contributed by atoms with E-state index in [1.54, 1.807) is 0 Å². The summed E-state index contributed by atoms with van der Waals surface area (Å²) in [4.78, 5) is 0. The van der Waals surface area contributed by atoms with Gasteiger partial charge < -0.3 is 5.11 Å². The molecule has 0 aromatic heterocycles. The van der Waals surface area contributed by atoms with Crippen LogP contribution in [0.25, 0.3) is 0 Å². The van der Waals surface area contributed by atoms with Crippen molar-refractivity contribution in [1.29, 1.82) is 0 Å². The number of halogens is 2. The van der Waals surface area contributed by atoms with Gasteiger partial charge in [0.25, 0.3) is 0 Å². The zero-order valence-corrected chi connectivity index (χ0v) is 13.2. The molecule has 0 bridgehead atoms. The number of aliphatic hydroxyl groups is 1. The molecule has 0 aliphatic heterocycles. The SMILES string of the molecule is CC(C)(C)c1ccc(CC(O)C2CCC(F)(F)CC2)cc1. The van der Waals surface area contributed by atoms with Crippen molar-refractivity contribution < 1.29 is 13.9 Å². The molecule has 1 aliphatic carbocycles. The predicted octanol–water partition coefficient (Wildman–Crippen LogP) is 4.71. The Balaban J connectivity index is 1.92. The first-order valence-corrected chi connectivity index (χ1v) is 7.83. The lowest BCUT2D eigenvalue weighted by molar-refractivity contribution is -0.0619. The summed E-state index contributed by atoms with van der Waals surface area (Å²) in [6, 6.07) is 8.27. The predicted molar refractivity (Wildman–Crippen MR) is 81.8 cm³/mol. The average Bonchev–Trinajstić information content (AvgIpc) is 2.38. The van der Waals surface area contributed by atoms with Gasteiger partial charge in [0.15, 0.2) is 0 Å². The minimum atomic E-state index is -2.52. The zero-order chi connectivity index (χ0) is 15.7. The van der Waals surface area contributed by atoms with Gasteiger partial charge in [0.2, 0.25) is 5.92 Å². The fourth-order valence-electron chi connectivity index (χ4n) is 3.00. The molecule has 1 saturated carbocycles. The van der Waals surface area contributed by atoms with E-state index < -0.39 is 12.0 Å². The maximum absolute atomic E-state index is 13.1. The third-order valence-corrected chi connectivity index (χ3v) is 4.57. The molecule has 3 heteroatoms. The topological polar surface area (TPSA) is 20.2 Å². The van der Waals surface area contributed by atoms with Gasteiger partial charge >= 0.3 is 0 Å². The lowest BCUT2D eigenvalue weighted by Gasteiger charge is -2.31. The summed E-state index contributed by atoms with van der Waals surface area (Å²) in [5.41, 5.74) is 2.46. The normalized spacial score (nSPS) is 21.2. The van der Waals surface area contributed by atoms with Crippen molar-refractivity contribution in [3.8, 4) is 0 Å². The standard InChI is InChI=1S/C18H26F2O/c1-17(2,3)15-6-4-13(5-7-15)12-16(21)14-8-10-18(19,20)11-9-14/h4-7,14,16,21H,8-12H2,1-3H3. The van der Waals surface area contributed by atoms with Crippen LogP contribution < -0.4 is 0 Å². The summed E-state index contributed by atoms with van der Waals surface area (Å²) in [7, 11) is 0. The molecule has 0 saturated heterocycles. The highest BCUT2D eigenvalue weighted by Gasteiger charge is 2.37. The summed E-state index contributed by atoms with van der Waals surface area (Å²) in [5, 5.41) is 10.3. The molecule has 2 rings (SSSR count). The smallest absolute Gasteiger partial charge is 0.248 e. The molecule has 1 fully saturated rings. The summed E-state index contributed by atoms with van der Waals surface area (Å²) in [5.74, 6) is -2.52. The molecular formula is C18H26F2O. The van der Waals surface area contributed by atoms with Gasteiger partial charge in [-0.25, -0.2) is 8.78 Å². The Bertz CT molecular complexity index is 449. The van der Waals surface area contributed by atoms with Crippen molar-refractivity contribution in [1.82, 2.24) is 0 Å². The first-order chi connectivity index (χ1) is 9.67. The van der Waals surface area contributed by atoms with Crippen molar-refractivity contribution in [2.45, 2.75) is 70.3 Å². The first kappa shape index (κ1) is 16.4. The van der Waals surface area contributed by atoms with Gasteiger partial charge in [0.1, 0.15) is 0 Å². The first-order valence-electron chi connectivity index (χ1n) is 7.83. The Hall–Kier alpha value is -0.960. The number of hydrogen-bond donors (Lipinski definition) is 1. The summed E-state index contributed by atoms with van der Waals surface area (Å²) < 4.78 is 26.3. The maximum Gasteiger partial charge on any atom is 0.248 e. The Morgan fingerprint density at radius 1 is 1.14 bits per heavy atom. The third-order valence-electron chi connectivity index (χ3n) is 4.57. The van der Waals surface area contributed by atoms with Gasteiger partial charge in [-0.15, -0.1) is 0 Å². The quantitative estimate of drug-likeness (QED) is 0.856. The van der Waals surface area contributed by atoms with Gasteiger partial charge in [-0.1, -0.05) is 45.0 Å². The van der Waals surface area contributed by atoms with Crippen molar-refractivity contribution >= 4 is 0 Å². The van der Waals surface area contributed by atoms with E-state index in [-0.39, 0.29) is 24.2 Å². The van der Waals surface area contributed by atoms with Crippen LogP contribution in [0.1, 0.15) is 57.6 Å². The molecule has 1 N–H and O–H groups in total. The van der Waals surface area contributed by atoms with Crippen LogP contribution in [0.2, 0.25) is 0 Å². The number of hydrogen-bond acceptors (Lipinski definition) is 1. The van der Waals surface area contributed by atoms with Crippen LogP contribution in [0.4, 0.5) is 8.78 Å². The van der Waals surface area contributed by atoms with Crippen LogP contribution in [0, 0.1) is 5.92 Å². The molecule has 1 aromatic carbocycles. The van der Waals surface area contributed by atoms with E-state index in [4.69, 9.17) is 0 Å². The highest BCUT2D eigenvalue weighted by atomic mass is 19.3. The summed E-state index contributed by atoms with van der Waals surface area (Å²) in [6.07, 6.45) is 0.722. The molecule has 0 heterocycles. The molecule has 1 nitrogen and oxygen atoms in total. The number of aliphatic hydroxyl groups excluding tert-OH is 1. The van der Waals surface area contributed by atoms with E-state index in [1.165, 1.54) is 5.56 Å². The highest BCUT2D eigenvalue weighted by Crippen LogP contribution is 2.38. The Morgan fingerprint density at radius 2 is 1.67 bits per heavy atom. The Kier molecular flexibility index (Phi) is 4.72. The van der Waals surface area contributed by atoms with Crippen LogP contribution in [0.5, 0.6) is 0 Å². The molecule has 1 unspecified atom stereocenters. The van der Waals surface area contributed by atoms with Crippen LogP contribution >= 0.6 is 0 Å². The van der Waals surface area contributed by atoms with E-state index in [2.05, 4.69) is 32.9 Å². The van der Waals surface area contributed by atoms with Crippen LogP contribution in [0.15, 0.2) is 24.3 Å². The molecule has 1 aromatic rings. The largest absolute Gasteiger partial charge is 0.392 e. The fraction of sp³-hybridized carbons (Fsp3) is 0.667. The summed E-state index contributed by atoms with van der Waals surface area (Å²) in [6.45, 7) is 6.50. The molecular weight excluding hydrogens is 270 g/mol. The molecule has 0 spiro atoms. The monoisotopic (exact) mass is 296 g/mol. The van der Waals surface area contributed by atoms with Crippen LogP contribution in [-0.2, 0) is 11.8 Å². The van der Waals surface area contributed by atoms with E-state index in [1.807, 2.05) is 12.1 Å². The van der Waals surface area contributed by atoms with Gasteiger partial charge in [-0.3, -0.25) is 0 Å². The van der Waals surface area contributed by atoms with E-state index in [0.29, 0.717) is 19.3 Å². The molecule has 0 amide bonds. The van der Waals surface area contributed by atoms with Gasteiger partial charge in [0, 0.05) is 12.8 Å². The highest BCUT2D eigenvalue weighted by molar-refractivity contribution is 5.27. The van der Waals surface area contributed by atoms with Crippen molar-refractivity contribution in [3.05, 3.63) is 35.4 Å². The van der Waals surface area contributed by atoms with E-state index >= 15 is 0 Å². The number of benzene rings is 1. The van der Waals surface area contributed by atoms with Gasteiger partial charge in [-0.05, 0) is 41.7 Å². The molecule has 118 valence electrons. The number of rotatable bonds is 3. The second kappa shape index (κ2) is 6.04. The molecule has 0 radical (unpaired) electrons. The van der Waals surface area contributed by atoms with Crippen LogP contribution in [0.3, 0.4) is 0 Å². The molecule has 21 heavy (non-hydrogen) atoms. The average molecular weight is 296 g/mol. The minimum Gasteiger partial charge on any atom is -0.392 e. The van der Waals surface area contributed by atoms with Crippen molar-refractivity contribution in [2.24, 2.45) is 5.92 Å². The molecule has 1 aliphatic rings. The van der Waals surface area contributed by atoms with Gasteiger partial charge in [0.05, 0.1) is 6.10 Å². The Morgan fingerprint density at radius 3 is 2.14 bits per heavy atom. The van der Waals surface area contributed by atoms with E-state index in [9.17, 15) is 13.9 Å². The van der Waals surface area contributed by atoms with E-state index in [0.717, 1.165) is 5.56 Å². The second-order valence-electron chi connectivity index (χ2n) is 7.41. The maximum atomic E-state index is 13.1. The van der Waals surface area contributed by atoms with Gasteiger partial charge in [-0.2, -0.15) is 0 Å². The second-order valence-corrected chi connectivity index (χ2v) is 7.41. The Labute approximate surface area is 126 Å². The summed E-state index contributed by atoms with van der Waals surface area (Å²) >= 11 is 0. The van der Waals surface area contributed by atoms with Crippen molar-refractivity contribution in [3.63, 3.8) is 0 Å².